The molecule has 2 aromatic carbocycles. The number of hydrogen-bond donors (Lipinski definition) is 1. The Labute approximate surface area is 134 Å². The number of nitrogens with zero attached hydrogens (tertiary/aromatic N) is 1. The number of carbonyl (C=O) groups is 1. The number of rotatable bonds is 4. The molecular formula is C16H17ClN2OS. The molecule has 0 spiro atoms. The summed E-state index contributed by atoms with van der Waals surface area (Å²) in [5.74, 6) is -0.135. The van der Waals surface area contributed by atoms with Gasteiger partial charge in [0.15, 0.2) is 0 Å². The molecule has 0 aromatic heterocycles. The van der Waals surface area contributed by atoms with Gasteiger partial charge in [-0.05, 0) is 36.1 Å². The Morgan fingerprint density at radius 1 is 1.24 bits per heavy atom. The Morgan fingerprint density at radius 3 is 2.52 bits per heavy atom. The first-order chi connectivity index (χ1) is 10.0. The summed E-state index contributed by atoms with van der Waals surface area (Å²) in [6.45, 7) is 0.527. The third-order valence-electron chi connectivity index (χ3n) is 3.21. The lowest BCUT2D eigenvalue weighted by atomic mass is 10.1. The van der Waals surface area contributed by atoms with Gasteiger partial charge >= 0.3 is 0 Å². The number of nitrogens with two attached hydrogens (primary N) is 1. The molecule has 0 atom stereocenters. The number of carbonyl (C=O) groups excluding carboxylic acids is 1. The Hall–Kier alpha value is -1.65. The van der Waals surface area contributed by atoms with Crippen LogP contribution in [0.15, 0.2) is 47.4 Å². The zero-order valence-electron chi connectivity index (χ0n) is 12.0. The van der Waals surface area contributed by atoms with Crippen molar-refractivity contribution in [2.24, 2.45) is 0 Å². The van der Waals surface area contributed by atoms with Gasteiger partial charge in [-0.15, -0.1) is 11.8 Å². The second-order valence-electron chi connectivity index (χ2n) is 4.71. The van der Waals surface area contributed by atoms with E-state index in [-0.39, 0.29) is 5.91 Å². The fraction of sp³-hybridized carbons (Fsp3) is 0.188. The minimum absolute atomic E-state index is 0.135. The number of para-hydroxylation sites is 1. The lowest BCUT2D eigenvalue weighted by Crippen LogP contribution is -2.27. The Bertz CT molecular complexity index is 643. The van der Waals surface area contributed by atoms with Gasteiger partial charge in [-0.3, -0.25) is 4.79 Å². The molecule has 0 bridgehead atoms. The minimum Gasteiger partial charge on any atom is -0.397 e. The van der Waals surface area contributed by atoms with Crippen LogP contribution >= 0.6 is 23.4 Å². The van der Waals surface area contributed by atoms with Gasteiger partial charge in [0.25, 0.3) is 5.91 Å². The van der Waals surface area contributed by atoms with E-state index in [1.807, 2.05) is 30.5 Å². The van der Waals surface area contributed by atoms with Crippen molar-refractivity contribution in [2.75, 3.05) is 19.0 Å². The molecule has 0 radical (unpaired) electrons. The predicted octanol–water partition coefficient (Wildman–Crippen LogP) is 3.92. The normalized spacial score (nSPS) is 10.4. The first-order valence-electron chi connectivity index (χ1n) is 6.45. The largest absolute Gasteiger partial charge is 0.397 e. The standard InChI is InChI=1S/C16H17ClN2OS/c1-19(10-11-6-8-12(21-2)9-7-11)16(20)13-4-3-5-14(17)15(13)18/h3-9H,10,18H2,1-2H3. The zero-order chi connectivity index (χ0) is 15.4. The van der Waals surface area contributed by atoms with E-state index in [1.54, 1.807) is 41.9 Å². The highest BCUT2D eigenvalue weighted by Crippen LogP contribution is 2.24. The van der Waals surface area contributed by atoms with Crippen LogP contribution in [-0.4, -0.2) is 24.1 Å². The molecule has 2 aromatic rings. The van der Waals surface area contributed by atoms with Crippen molar-refractivity contribution in [3.8, 4) is 0 Å². The van der Waals surface area contributed by atoms with Crippen molar-refractivity contribution in [2.45, 2.75) is 11.4 Å². The lowest BCUT2D eigenvalue weighted by Gasteiger charge is -2.18. The Kier molecular flexibility index (Phi) is 5.15. The summed E-state index contributed by atoms with van der Waals surface area (Å²) in [7, 11) is 1.76. The highest BCUT2D eigenvalue weighted by molar-refractivity contribution is 7.98. The maximum Gasteiger partial charge on any atom is 0.256 e. The van der Waals surface area contributed by atoms with Crippen LogP contribution in [0, 0.1) is 0 Å². The summed E-state index contributed by atoms with van der Waals surface area (Å²) >= 11 is 7.65. The van der Waals surface area contributed by atoms with Crippen LogP contribution in [0.4, 0.5) is 5.69 Å². The Morgan fingerprint density at radius 2 is 1.90 bits per heavy atom. The van der Waals surface area contributed by atoms with Crippen LogP contribution in [0.3, 0.4) is 0 Å². The zero-order valence-corrected chi connectivity index (χ0v) is 13.5. The average molecular weight is 321 g/mol. The van der Waals surface area contributed by atoms with Crippen molar-refractivity contribution in [3.63, 3.8) is 0 Å². The summed E-state index contributed by atoms with van der Waals surface area (Å²) in [6.07, 6.45) is 2.03. The average Bonchev–Trinajstić information content (AvgIpc) is 2.50. The first-order valence-corrected chi connectivity index (χ1v) is 8.05. The van der Waals surface area contributed by atoms with E-state index in [1.165, 1.54) is 4.90 Å². The van der Waals surface area contributed by atoms with Gasteiger partial charge in [-0.1, -0.05) is 29.8 Å². The smallest absolute Gasteiger partial charge is 0.256 e. The van der Waals surface area contributed by atoms with E-state index in [2.05, 4.69) is 0 Å². The number of anilines is 1. The van der Waals surface area contributed by atoms with Crippen LogP contribution in [0.25, 0.3) is 0 Å². The van der Waals surface area contributed by atoms with Gasteiger partial charge in [0.2, 0.25) is 0 Å². The van der Waals surface area contributed by atoms with Gasteiger partial charge in [0, 0.05) is 18.5 Å². The summed E-state index contributed by atoms with van der Waals surface area (Å²) < 4.78 is 0. The Balaban J connectivity index is 2.13. The van der Waals surface area contributed by atoms with Crippen molar-refractivity contribution in [1.82, 2.24) is 4.90 Å². The minimum atomic E-state index is -0.135. The monoisotopic (exact) mass is 320 g/mol. The number of thioether (sulfide) groups is 1. The van der Waals surface area contributed by atoms with E-state index in [0.717, 1.165) is 5.56 Å². The molecule has 0 saturated heterocycles. The van der Waals surface area contributed by atoms with Crippen LogP contribution in [-0.2, 0) is 6.54 Å². The van der Waals surface area contributed by atoms with E-state index in [9.17, 15) is 4.79 Å². The van der Waals surface area contributed by atoms with Crippen molar-refractivity contribution in [3.05, 3.63) is 58.6 Å². The fourth-order valence-corrected chi connectivity index (χ4v) is 2.59. The molecule has 1 amide bonds. The predicted molar refractivity (Wildman–Crippen MR) is 89.9 cm³/mol. The molecule has 0 unspecified atom stereocenters. The maximum atomic E-state index is 12.4. The molecule has 21 heavy (non-hydrogen) atoms. The first kappa shape index (κ1) is 15.7. The summed E-state index contributed by atoms with van der Waals surface area (Å²) in [5, 5.41) is 0.401. The van der Waals surface area contributed by atoms with Gasteiger partial charge in [-0.2, -0.15) is 0 Å². The number of halogens is 1. The molecule has 110 valence electrons. The third-order valence-corrected chi connectivity index (χ3v) is 4.28. The van der Waals surface area contributed by atoms with Gasteiger partial charge in [-0.25, -0.2) is 0 Å². The van der Waals surface area contributed by atoms with Crippen molar-refractivity contribution < 1.29 is 4.79 Å². The number of amides is 1. The fourth-order valence-electron chi connectivity index (χ4n) is 2.01. The number of hydrogen-bond acceptors (Lipinski definition) is 3. The topological polar surface area (TPSA) is 46.3 Å². The van der Waals surface area contributed by atoms with Crippen molar-refractivity contribution in [1.29, 1.82) is 0 Å². The molecule has 0 saturated carbocycles. The molecule has 0 fully saturated rings. The summed E-state index contributed by atoms with van der Waals surface area (Å²) in [4.78, 5) is 15.3. The molecule has 3 nitrogen and oxygen atoms in total. The summed E-state index contributed by atoms with van der Waals surface area (Å²) in [5.41, 5.74) is 7.71. The third kappa shape index (κ3) is 3.71. The highest BCUT2D eigenvalue weighted by atomic mass is 35.5. The molecule has 2 N–H and O–H groups in total. The van der Waals surface area contributed by atoms with E-state index in [4.69, 9.17) is 17.3 Å². The molecule has 5 heteroatoms. The van der Waals surface area contributed by atoms with Gasteiger partial charge in [0.05, 0.1) is 16.3 Å². The number of benzene rings is 2. The number of nitrogen functional groups attached to an aromatic ring is 1. The maximum absolute atomic E-state index is 12.4. The van der Waals surface area contributed by atoms with Gasteiger partial charge in [0.1, 0.15) is 0 Å². The van der Waals surface area contributed by atoms with Crippen LogP contribution < -0.4 is 5.73 Å². The molecule has 0 aliphatic heterocycles. The molecule has 0 heterocycles. The second-order valence-corrected chi connectivity index (χ2v) is 6.00. The van der Waals surface area contributed by atoms with Crippen LogP contribution in [0.1, 0.15) is 15.9 Å². The SMILES string of the molecule is CSc1ccc(CN(C)C(=O)c2cccc(Cl)c2N)cc1. The highest BCUT2D eigenvalue weighted by Gasteiger charge is 2.16. The molecule has 0 aliphatic rings. The molecule has 2 rings (SSSR count). The van der Waals surface area contributed by atoms with E-state index in [0.29, 0.717) is 22.8 Å². The van der Waals surface area contributed by atoms with Crippen LogP contribution in [0.5, 0.6) is 0 Å². The van der Waals surface area contributed by atoms with Gasteiger partial charge < -0.3 is 10.6 Å². The second kappa shape index (κ2) is 6.87. The van der Waals surface area contributed by atoms with E-state index >= 15 is 0 Å². The summed E-state index contributed by atoms with van der Waals surface area (Å²) in [6, 6.07) is 13.2. The lowest BCUT2D eigenvalue weighted by molar-refractivity contribution is 0.0786. The van der Waals surface area contributed by atoms with Crippen molar-refractivity contribution >= 4 is 35.0 Å². The van der Waals surface area contributed by atoms with Crippen LogP contribution in [0.2, 0.25) is 5.02 Å². The van der Waals surface area contributed by atoms with E-state index < -0.39 is 0 Å². The quantitative estimate of drug-likeness (QED) is 0.686. The molecule has 0 aliphatic carbocycles. The molecular weight excluding hydrogens is 304 g/mol.